The van der Waals surface area contributed by atoms with E-state index in [2.05, 4.69) is 35.4 Å². The van der Waals surface area contributed by atoms with Crippen LogP contribution in [0.25, 0.3) is 0 Å². The molecule has 1 aromatic heterocycles. The normalized spacial score (nSPS) is 9.76. The summed E-state index contributed by atoms with van der Waals surface area (Å²) < 4.78 is 0. The first-order valence-electron chi connectivity index (χ1n) is 6.66. The van der Waals surface area contributed by atoms with Gasteiger partial charge in [0.15, 0.2) is 0 Å². The third-order valence-corrected chi connectivity index (χ3v) is 3.01. The number of nitrogens with zero attached hydrogens (tertiary/aromatic N) is 1. The number of rotatable bonds is 5. The number of anilines is 1. The zero-order valence-electron chi connectivity index (χ0n) is 12.0. The summed E-state index contributed by atoms with van der Waals surface area (Å²) in [4.78, 5) is 15.9. The largest absolute Gasteiger partial charge is 0.397 e. The Bertz CT molecular complexity index is 584. The van der Waals surface area contributed by atoms with Gasteiger partial charge in [-0.25, -0.2) is 0 Å². The fourth-order valence-electron chi connectivity index (χ4n) is 1.98. The van der Waals surface area contributed by atoms with E-state index >= 15 is 0 Å². The van der Waals surface area contributed by atoms with Gasteiger partial charge in [0.2, 0.25) is 5.91 Å². The van der Waals surface area contributed by atoms with Crippen molar-refractivity contribution in [3.8, 4) is 0 Å². The molecule has 1 heterocycles. The van der Waals surface area contributed by atoms with Crippen molar-refractivity contribution in [3.05, 3.63) is 59.4 Å². The minimum absolute atomic E-state index is 0. The molecule has 1 amide bonds. The molecule has 5 heteroatoms. The molecule has 0 radical (unpaired) electrons. The topological polar surface area (TPSA) is 68.0 Å². The third-order valence-electron chi connectivity index (χ3n) is 3.01. The number of pyridine rings is 1. The lowest BCUT2D eigenvalue weighted by Gasteiger charge is -2.06. The van der Waals surface area contributed by atoms with Crippen molar-refractivity contribution in [2.24, 2.45) is 0 Å². The quantitative estimate of drug-likeness (QED) is 0.890. The molecule has 0 saturated carbocycles. The minimum Gasteiger partial charge on any atom is -0.397 e. The van der Waals surface area contributed by atoms with Crippen molar-refractivity contribution in [2.75, 3.05) is 12.3 Å². The molecule has 0 aliphatic rings. The number of nitrogens with two attached hydrogens (primary N) is 1. The summed E-state index contributed by atoms with van der Waals surface area (Å²) in [5, 5.41) is 2.90. The van der Waals surface area contributed by atoms with Crippen LogP contribution in [-0.4, -0.2) is 17.4 Å². The van der Waals surface area contributed by atoms with E-state index in [1.54, 1.807) is 18.3 Å². The maximum atomic E-state index is 11.8. The molecule has 0 fully saturated rings. The maximum Gasteiger partial charge on any atom is 0.226 e. The van der Waals surface area contributed by atoms with Crippen LogP contribution in [0.1, 0.15) is 16.8 Å². The Morgan fingerprint density at radius 2 is 2.10 bits per heavy atom. The van der Waals surface area contributed by atoms with Gasteiger partial charge in [0.25, 0.3) is 0 Å². The van der Waals surface area contributed by atoms with E-state index in [1.807, 2.05) is 6.07 Å². The number of halogens is 1. The Morgan fingerprint density at radius 3 is 2.76 bits per heavy atom. The highest BCUT2D eigenvalue weighted by Crippen LogP contribution is 2.04. The average molecular weight is 306 g/mol. The van der Waals surface area contributed by atoms with Gasteiger partial charge in [-0.1, -0.05) is 29.8 Å². The van der Waals surface area contributed by atoms with Crippen LogP contribution in [0.4, 0.5) is 5.69 Å². The minimum atomic E-state index is -0.0186. The van der Waals surface area contributed by atoms with Gasteiger partial charge >= 0.3 is 0 Å². The number of amides is 1. The van der Waals surface area contributed by atoms with E-state index in [4.69, 9.17) is 5.73 Å². The molecule has 21 heavy (non-hydrogen) atoms. The van der Waals surface area contributed by atoms with E-state index in [9.17, 15) is 4.79 Å². The Hall–Kier alpha value is -2.07. The molecule has 0 bridgehead atoms. The smallest absolute Gasteiger partial charge is 0.226 e. The molecule has 2 aromatic rings. The molecule has 0 aliphatic heterocycles. The van der Waals surface area contributed by atoms with Crippen molar-refractivity contribution >= 4 is 24.0 Å². The fraction of sp³-hybridized carbons (Fsp3) is 0.250. The molecule has 0 saturated heterocycles. The van der Waals surface area contributed by atoms with Crippen LogP contribution < -0.4 is 11.1 Å². The number of carbonyl (C=O) groups excluding carboxylic acids is 1. The van der Waals surface area contributed by atoms with Crippen LogP contribution in [0.5, 0.6) is 0 Å². The van der Waals surface area contributed by atoms with Gasteiger partial charge in [-0.3, -0.25) is 9.78 Å². The van der Waals surface area contributed by atoms with Crippen LogP contribution >= 0.6 is 12.4 Å². The molecule has 3 N–H and O–H groups in total. The number of nitrogen functional groups attached to an aromatic ring is 1. The van der Waals surface area contributed by atoms with E-state index in [0.717, 1.165) is 12.1 Å². The first-order valence-corrected chi connectivity index (χ1v) is 6.66. The van der Waals surface area contributed by atoms with Gasteiger partial charge in [0, 0.05) is 12.2 Å². The second kappa shape index (κ2) is 8.27. The SMILES string of the molecule is Cc1cccc(CCNC(=O)Cc2ccc(N)cn2)c1.Cl. The summed E-state index contributed by atoms with van der Waals surface area (Å²) in [6.45, 7) is 2.70. The monoisotopic (exact) mass is 305 g/mol. The molecule has 1 aromatic carbocycles. The molecule has 2 rings (SSSR count). The molecular weight excluding hydrogens is 286 g/mol. The first-order chi connectivity index (χ1) is 9.63. The lowest BCUT2D eigenvalue weighted by molar-refractivity contribution is -0.120. The molecule has 0 aliphatic carbocycles. The summed E-state index contributed by atoms with van der Waals surface area (Å²) in [6.07, 6.45) is 2.69. The van der Waals surface area contributed by atoms with Crippen LogP contribution in [0.3, 0.4) is 0 Å². The van der Waals surface area contributed by atoms with Crippen LogP contribution in [-0.2, 0) is 17.6 Å². The number of aromatic nitrogens is 1. The highest BCUT2D eigenvalue weighted by atomic mass is 35.5. The lowest BCUT2D eigenvalue weighted by Crippen LogP contribution is -2.27. The Balaban J connectivity index is 0.00000220. The average Bonchev–Trinajstić information content (AvgIpc) is 2.41. The van der Waals surface area contributed by atoms with Crippen LogP contribution in [0.2, 0.25) is 0 Å². The molecule has 4 nitrogen and oxygen atoms in total. The fourth-order valence-corrected chi connectivity index (χ4v) is 1.98. The number of hydrogen-bond donors (Lipinski definition) is 2. The van der Waals surface area contributed by atoms with E-state index in [-0.39, 0.29) is 24.7 Å². The van der Waals surface area contributed by atoms with Crippen molar-refractivity contribution < 1.29 is 4.79 Å². The molecule has 0 atom stereocenters. The Morgan fingerprint density at radius 1 is 1.29 bits per heavy atom. The molecule has 112 valence electrons. The standard InChI is InChI=1S/C16H19N3O.ClH/c1-12-3-2-4-13(9-12)7-8-18-16(20)10-15-6-5-14(17)11-19-15;/h2-6,9,11H,7-8,10,17H2,1H3,(H,18,20);1H. The summed E-state index contributed by atoms with van der Waals surface area (Å²) in [5.41, 5.74) is 9.35. The van der Waals surface area contributed by atoms with E-state index < -0.39 is 0 Å². The molecular formula is C16H20ClN3O. The first kappa shape index (κ1) is 17.0. The van der Waals surface area contributed by atoms with Crippen molar-refractivity contribution in [2.45, 2.75) is 19.8 Å². The predicted molar refractivity (Wildman–Crippen MR) is 87.5 cm³/mol. The second-order valence-corrected chi connectivity index (χ2v) is 4.85. The van der Waals surface area contributed by atoms with Crippen LogP contribution in [0, 0.1) is 6.92 Å². The third kappa shape index (κ3) is 5.83. The van der Waals surface area contributed by atoms with Gasteiger partial charge in [-0.05, 0) is 31.0 Å². The Kier molecular flexibility index (Phi) is 6.69. The number of carbonyl (C=O) groups is 1. The van der Waals surface area contributed by atoms with Crippen molar-refractivity contribution in [3.63, 3.8) is 0 Å². The van der Waals surface area contributed by atoms with Gasteiger partial charge in [0.1, 0.15) is 0 Å². The zero-order valence-corrected chi connectivity index (χ0v) is 12.8. The summed E-state index contributed by atoms with van der Waals surface area (Å²) in [6, 6.07) is 11.8. The number of aryl methyl sites for hydroxylation is 1. The van der Waals surface area contributed by atoms with Gasteiger partial charge in [-0.2, -0.15) is 0 Å². The summed E-state index contributed by atoms with van der Waals surface area (Å²) >= 11 is 0. The van der Waals surface area contributed by atoms with Crippen molar-refractivity contribution in [1.82, 2.24) is 10.3 Å². The summed E-state index contributed by atoms with van der Waals surface area (Å²) in [5.74, 6) is -0.0186. The highest BCUT2D eigenvalue weighted by Gasteiger charge is 2.04. The van der Waals surface area contributed by atoms with Crippen LogP contribution in [0.15, 0.2) is 42.6 Å². The van der Waals surface area contributed by atoms with E-state index in [1.165, 1.54) is 11.1 Å². The number of benzene rings is 1. The van der Waals surface area contributed by atoms with Gasteiger partial charge < -0.3 is 11.1 Å². The number of hydrogen-bond acceptors (Lipinski definition) is 3. The van der Waals surface area contributed by atoms with E-state index in [0.29, 0.717) is 12.2 Å². The maximum absolute atomic E-state index is 11.8. The second-order valence-electron chi connectivity index (χ2n) is 4.85. The zero-order chi connectivity index (χ0) is 14.4. The van der Waals surface area contributed by atoms with Gasteiger partial charge in [-0.15, -0.1) is 12.4 Å². The highest BCUT2D eigenvalue weighted by molar-refractivity contribution is 5.85. The summed E-state index contributed by atoms with van der Waals surface area (Å²) in [7, 11) is 0. The van der Waals surface area contributed by atoms with Crippen molar-refractivity contribution in [1.29, 1.82) is 0 Å². The molecule has 0 spiro atoms. The van der Waals surface area contributed by atoms with Gasteiger partial charge in [0.05, 0.1) is 18.3 Å². The lowest BCUT2D eigenvalue weighted by atomic mass is 10.1. The number of nitrogens with one attached hydrogen (secondary N) is 1. The molecule has 0 unspecified atom stereocenters. The predicted octanol–water partition coefficient (Wildman–Crippen LogP) is 2.30. The Labute approximate surface area is 131 Å².